The number of rotatable bonds is 2. The van der Waals surface area contributed by atoms with E-state index < -0.39 is 0 Å². The molecule has 2 atom stereocenters. The Balaban J connectivity index is 2.37. The topological polar surface area (TPSA) is 29.1 Å². The smallest absolute Gasteiger partial charge is 0.223 e. The van der Waals surface area contributed by atoms with Crippen LogP contribution in [0, 0.1) is 17.3 Å². The molecule has 2 heteroatoms. The number of hydrogen-bond acceptors (Lipinski definition) is 1. The lowest BCUT2D eigenvalue weighted by Gasteiger charge is -2.17. The molecule has 1 saturated carbocycles. The number of amides is 1. The van der Waals surface area contributed by atoms with Crippen molar-refractivity contribution in [1.82, 2.24) is 5.32 Å². The molecule has 0 heterocycles. The highest BCUT2D eigenvalue weighted by Gasteiger charge is 2.49. The second-order valence-corrected chi connectivity index (χ2v) is 4.71. The predicted molar refractivity (Wildman–Crippen MR) is 49.7 cm³/mol. The fraction of sp³-hybridized carbons (Fsp3) is 0.900. The molecule has 0 aromatic heterocycles. The Hall–Kier alpha value is -0.530. The van der Waals surface area contributed by atoms with E-state index in [0.717, 1.165) is 13.0 Å². The van der Waals surface area contributed by atoms with Gasteiger partial charge in [-0.2, -0.15) is 0 Å². The van der Waals surface area contributed by atoms with E-state index in [9.17, 15) is 4.79 Å². The van der Waals surface area contributed by atoms with Crippen LogP contribution in [0.2, 0.25) is 0 Å². The van der Waals surface area contributed by atoms with Crippen LogP contribution < -0.4 is 5.32 Å². The number of carbonyl (C=O) groups excluding carboxylic acids is 1. The van der Waals surface area contributed by atoms with Crippen LogP contribution in [0.5, 0.6) is 0 Å². The van der Waals surface area contributed by atoms with Gasteiger partial charge in [0, 0.05) is 12.5 Å². The summed E-state index contributed by atoms with van der Waals surface area (Å²) < 4.78 is 0. The van der Waals surface area contributed by atoms with Crippen LogP contribution in [-0.2, 0) is 4.79 Å². The minimum absolute atomic E-state index is 0.248. The summed E-state index contributed by atoms with van der Waals surface area (Å²) in [6, 6.07) is 0. The minimum Gasteiger partial charge on any atom is -0.356 e. The highest BCUT2D eigenvalue weighted by Crippen LogP contribution is 2.50. The van der Waals surface area contributed by atoms with Gasteiger partial charge in [-0.25, -0.2) is 0 Å². The highest BCUT2D eigenvalue weighted by molar-refractivity contribution is 5.81. The molecule has 1 amide bonds. The van der Waals surface area contributed by atoms with Crippen LogP contribution in [0.15, 0.2) is 0 Å². The first-order valence-corrected chi connectivity index (χ1v) is 4.74. The molecule has 1 aliphatic carbocycles. The summed E-state index contributed by atoms with van der Waals surface area (Å²) in [4.78, 5) is 11.4. The monoisotopic (exact) mass is 169 g/mol. The average molecular weight is 169 g/mol. The second kappa shape index (κ2) is 3.08. The number of nitrogens with one attached hydrogen (secondary N) is 1. The molecular weight excluding hydrogens is 150 g/mol. The van der Waals surface area contributed by atoms with Crippen molar-refractivity contribution in [2.45, 2.75) is 34.1 Å². The van der Waals surface area contributed by atoms with Crippen LogP contribution >= 0.6 is 0 Å². The third-order valence-corrected chi connectivity index (χ3v) is 2.59. The van der Waals surface area contributed by atoms with Crippen LogP contribution in [0.4, 0.5) is 0 Å². The lowest BCUT2D eigenvalue weighted by atomic mass is 9.89. The molecule has 1 N–H and O–H groups in total. The molecule has 0 aliphatic heterocycles. The maximum absolute atomic E-state index is 11.4. The van der Waals surface area contributed by atoms with E-state index in [1.54, 1.807) is 0 Å². The second-order valence-electron chi connectivity index (χ2n) is 4.71. The molecule has 1 aliphatic rings. The SMILES string of the molecule is CCNC(=O)C1CC1C(C)(C)C. The Morgan fingerprint density at radius 1 is 1.50 bits per heavy atom. The van der Waals surface area contributed by atoms with Crippen molar-refractivity contribution < 1.29 is 4.79 Å². The normalized spacial score (nSPS) is 28.3. The average Bonchev–Trinajstić information content (AvgIpc) is 2.62. The fourth-order valence-corrected chi connectivity index (χ4v) is 1.75. The first kappa shape index (κ1) is 9.56. The first-order valence-electron chi connectivity index (χ1n) is 4.74. The van der Waals surface area contributed by atoms with Gasteiger partial charge in [0.05, 0.1) is 0 Å². The largest absolute Gasteiger partial charge is 0.356 e. The van der Waals surface area contributed by atoms with Crippen LogP contribution in [-0.4, -0.2) is 12.5 Å². The summed E-state index contributed by atoms with van der Waals surface area (Å²) in [6.07, 6.45) is 1.08. The molecule has 0 radical (unpaired) electrons. The van der Waals surface area contributed by atoms with Crippen molar-refractivity contribution in [3.63, 3.8) is 0 Å². The van der Waals surface area contributed by atoms with Crippen molar-refractivity contribution in [2.75, 3.05) is 6.54 Å². The van der Waals surface area contributed by atoms with Gasteiger partial charge in [-0.05, 0) is 24.7 Å². The summed E-state index contributed by atoms with van der Waals surface area (Å²) in [6.45, 7) is 9.34. The van der Waals surface area contributed by atoms with Crippen molar-refractivity contribution >= 4 is 5.91 Å². The quantitative estimate of drug-likeness (QED) is 0.671. The third-order valence-electron chi connectivity index (χ3n) is 2.59. The van der Waals surface area contributed by atoms with E-state index in [1.807, 2.05) is 6.92 Å². The molecular formula is C10H19NO. The van der Waals surface area contributed by atoms with Gasteiger partial charge >= 0.3 is 0 Å². The van der Waals surface area contributed by atoms with Crippen molar-refractivity contribution in [3.05, 3.63) is 0 Å². The standard InChI is InChI=1S/C10H19NO/c1-5-11-9(12)7-6-8(7)10(2,3)4/h7-8H,5-6H2,1-4H3,(H,11,12). The maximum Gasteiger partial charge on any atom is 0.223 e. The summed E-state index contributed by atoms with van der Waals surface area (Å²) in [7, 11) is 0. The van der Waals surface area contributed by atoms with E-state index in [0.29, 0.717) is 17.3 Å². The highest BCUT2D eigenvalue weighted by atomic mass is 16.2. The van der Waals surface area contributed by atoms with Gasteiger partial charge in [0.15, 0.2) is 0 Å². The van der Waals surface area contributed by atoms with E-state index in [1.165, 1.54) is 0 Å². The van der Waals surface area contributed by atoms with Gasteiger partial charge in [0.25, 0.3) is 0 Å². The summed E-state index contributed by atoms with van der Waals surface area (Å²) in [5, 5.41) is 2.87. The summed E-state index contributed by atoms with van der Waals surface area (Å²) in [5.41, 5.74) is 0.301. The lowest BCUT2D eigenvalue weighted by molar-refractivity contribution is -0.122. The Kier molecular flexibility index (Phi) is 2.45. The number of hydrogen-bond donors (Lipinski definition) is 1. The van der Waals surface area contributed by atoms with Crippen molar-refractivity contribution in [1.29, 1.82) is 0 Å². The van der Waals surface area contributed by atoms with E-state index >= 15 is 0 Å². The Labute approximate surface area is 74.7 Å². The zero-order valence-electron chi connectivity index (χ0n) is 8.48. The maximum atomic E-state index is 11.4. The molecule has 0 aromatic carbocycles. The molecule has 0 spiro atoms. The van der Waals surface area contributed by atoms with Gasteiger partial charge < -0.3 is 5.32 Å². The fourth-order valence-electron chi connectivity index (χ4n) is 1.75. The Bertz CT molecular complexity index is 181. The summed E-state index contributed by atoms with van der Waals surface area (Å²) >= 11 is 0. The van der Waals surface area contributed by atoms with Gasteiger partial charge in [-0.15, -0.1) is 0 Å². The molecule has 2 unspecified atom stereocenters. The molecule has 0 saturated heterocycles. The predicted octanol–water partition coefficient (Wildman–Crippen LogP) is 1.80. The molecule has 12 heavy (non-hydrogen) atoms. The Morgan fingerprint density at radius 2 is 2.08 bits per heavy atom. The van der Waals surface area contributed by atoms with Crippen LogP contribution in [0.3, 0.4) is 0 Å². The van der Waals surface area contributed by atoms with Gasteiger partial charge in [0.1, 0.15) is 0 Å². The van der Waals surface area contributed by atoms with E-state index in [4.69, 9.17) is 0 Å². The molecule has 70 valence electrons. The first-order chi connectivity index (χ1) is 5.46. The lowest BCUT2D eigenvalue weighted by Crippen LogP contribution is -2.26. The van der Waals surface area contributed by atoms with Crippen LogP contribution in [0.1, 0.15) is 34.1 Å². The zero-order valence-corrected chi connectivity index (χ0v) is 8.48. The molecule has 0 aromatic rings. The Morgan fingerprint density at radius 3 is 2.42 bits per heavy atom. The summed E-state index contributed by atoms with van der Waals surface area (Å²) in [5.74, 6) is 1.14. The van der Waals surface area contributed by atoms with E-state index in [2.05, 4.69) is 26.1 Å². The zero-order chi connectivity index (χ0) is 9.35. The number of carbonyl (C=O) groups is 1. The molecule has 2 nitrogen and oxygen atoms in total. The van der Waals surface area contributed by atoms with Gasteiger partial charge in [0.2, 0.25) is 5.91 Å². The van der Waals surface area contributed by atoms with E-state index in [-0.39, 0.29) is 5.91 Å². The molecule has 0 bridgehead atoms. The van der Waals surface area contributed by atoms with Gasteiger partial charge in [-0.1, -0.05) is 20.8 Å². The van der Waals surface area contributed by atoms with Crippen molar-refractivity contribution in [2.24, 2.45) is 17.3 Å². The minimum atomic E-state index is 0.248. The van der Waals surface area contributed by atoms with Crippen molar-refractivity contribution in [3.8, 4) is 0 Å². The van der Waals surface area contributed by atoms with Gasteiger partial charge in [-0.3, -0.25) is 4.79 Å². The molecule has 1 fully saturated rings. The van der Waals surface area contributed by atoms with Crippen LogP contribution in [0.25, 0.3) is 0 Å². The third kappa shape index (κ3) is 1.99. The molecule has 1 rings (SSSR count).